The van der Waals surface area contributed by atoms with Crippen LogP contribution in [0.4, 0.5) is 0 Å². The van der Waals surface area contributed by atoms with Crippen molar-refractivity contribution in [3.05, 3.63) is 77.0 Å². The molecule has 1 N–H and O–H groups in total. The van der Waals surface area contributed by atoms with Gasteiger partial charge in [0.05, 0.1) is 11.4 Å². The fraction of sp³-hybridized carbons (Fsp3) is 0.143. The van der Waals surface area contributed by atoms with Crippen LogP contribution in [0, 0.1) is 0 Å². The van der Waals surface area contributed by atoms with Gasteiger partial charge in [0.2, 0.25) is 0 Å². The van der Waals surface area contributed by atoms with E-state index in [0.717, 1.165) is 46.6 Å². The van der Waals surface area contributed by atoms with Gasteiger partial charge in [-0.05, 0) is 61.9 Å². The molecule has 0 aromatic heterocycles. The molecule has 1 aliphatic carbocycles. The van der Waals surface area contributed by atoms with E-state index < -0.39 is 0 Å². The van der Waals surface area contributed by atoms with Gasteiger partial charge in [-0.3, -0.25) is 9.98 Å². The number of phenols is 1. The molecule has 0 aliphatic heterocycles. The van der Waals surface area contributed by atoms with Crippen LogP contribution in [0.15, 0.2) is 70.3 Å². The van der Waals surface area contributed by atoms with Gasteiger partial charge in [-0.15, -0.1) is 0 Å². The number of fused-ring (bicyclic) bond motifs is 1. The van der Waals surface area contributed by atoms with Crippen molar-refractivity contribution in [2.24, 2.45) is 9.98 Å². The minimum Gasteiger partial charge on any atom is -0.508 e. The first-order valence-corrected chi connectivity index (χ1v) is 7.98. The van der Waals surface area contributed by atoms with Gasteiger partial charge in [0.1, 0.15) is 5.75 Å². The van der Waals surface area contributed by atoms with E-state index in [-0.39, 0.29) is 5.75 Å². The van der Waals surface area contributed by atoms with E-state index in [1.165, 1.54) is 0 Å². The fourth-order valence-electron chi connectivity index (χ4n) is 2.82. The SMILES string of the molecule is C=NC1=C(N=C(C)/C=C/c2ccccc2)c2ccc(O)cc2CC1. The van der Waals surface area contributed by atoms with Crippen LogP contribution < -0.4 is 0 Å². The summed E-state index contributed by atoms with van der Waals surface area (Å²) in [5.74, 6) is 0.285. The summed E-state index contributed by atoms with van der Waals surface area (Å²) in [7, 11) is 0. The lowest BCUT2D eigenvalue weighted by atomic mass is 9.92. The molecule has 2 aromatic rings. The molecule has 0 atom stereocenters. The summed E-state index contributed by atoms with van der Waals surface area (Å²) in [6, 6.07) is 15.5. The van der Waals surface area contributed by atoms with E-state index in [2.05, 4.69) is 23.8 Å². The summed E-state index contributed by atoms with van der Waals surface area (Å²) in [6.07, 6.45) is 5.67. The van der Waals surface area contributed by atoms with Crippen LogP contribution in [-0.4, -0.2) is 17.5 Å². The lowest BCUT2D eigenvalue weighted by Crippen LogP contribution is -2.04. The molecule has 0 saturated carbocycles. The molecule has 0 heterocycles. The van der Waals surface area contributed by atoms with Gasteiger partial charge in [-0.25, -0.2) is 0 Å². The molecular weight excluding hydrogens is 296 g/mol. The van der Waals surface area contributed by atoms with Gasteiger partial charge >= 0.3 is 0 Å². The molecule has 0 radical (unpaired) electrons. The van der Waals surface area contributed by atoms with E-state index in [0.29, 0.717) is 0 Å². The maximum atomic E-state index is 9.69. The largest absolute Gasteiger partial charge is 0.508 e. The topological polar surface area (TPSA) is 45.0 Å². The fourth-order valence-corrected chi connectivity index (χ4v) is 2.82. The number of aryl methyl sites for hydroxylation is 1. The van der Waals surface area contributed by atoms with Gasteiger partial charge in [-0.2, -0.15) is 0 Å². The zero-order chi connectivity index (χ0) is 16.9. The van der Waals surface area contributed by atoms with Crippen LogP contribution in [0.5, 0.6) is 5.75 Å². The number of rotatable bonds is 4. The second kappa shape index (κ2) is 7.09. The first-order valence-electron chi connectivity index (χ1n) is 7.98. The molecular formula is C21H20N2O. The third kappa shape index (κ3) is 3.51. The highest BCUT2D eigenvalue weighted by molar-refractivity contribution is 6.00. The van der Waals surface area contributed by atoms with Crippen molar-refractivity contribution in [3.8, 4) is 5.75 Å². The quantitative estimate of drug-likeness (QED) is 0.803. The third-order valence-corrected chi connectivity index (χ3v) is 4.04. The van der Waals surface area contributed by atoms with Crippen LogP contribution in [0.25, 0.3) is 11.8 Å². The number of phenolic OH excluding ortho intramolecular Hbond substituents is 1. The summed E-state index contributed by atoms with van der Waals surface area (Å²) >= 11 is 0. The summed E-state index contributed by atoms with van der Waals surface area (Å²) < 4.78 is 0. The summed E-state index contributed by atoms with van der Waals surface area (Å²) in [5, 5.41) is 9.69. The molecule has 0 unspecified atom stereocenters. The standard InChI is InChI=1S/C21H20N2O/c1-15(8-9-16-6-4-3-5-7-16)23-21-19-12-11-18(24)14-17(19)10-13-20(21)22-2/h3-9,11-12,14,24H,2,10,13H2,1H3/b9-8+,23-15?. The Bertz CT molecular complexity index is 845. The average Bonchev–Trinajstić information content (AvgIpc) is 2.61. The van der Waals surface area contributed by atoms with E-state index >= 15 is 0 Å². The molecule has 0 spiro atoms. The maximum absolute atomic E-state index is 9.69. The number of allylic oxidation sites excluding steroid dienone is 2. The number of benzene rings is 2. The van der Waals surface area contributed by atoms with Crippen LogP contribution in [0.2, 0.25) is 0 Å². The Morgan fingerprint density at radius 3 is 2.67 bits per heavy atom. The van der Waals surface area contributed by atoms with Crippen LogP contribution >= 0.6 is 0 Å². The highest BCUT2D eigenvalue weighted by atomic mass is 16.3. The molecule has 0 fully saturated rings. The maximum Gasteiger partial charge on any atom is 0.115 e. The van der Waals surface area contributed by atoms with Crippen LogP contribution in [0.3, 0.4) is 0 Å². The molecule has 0 bridgehead atoms. The van der Waals surface area contributed by atoms with E-state index in [1.807, 2.05) is 43.3 Å². The van der Waals surface area contributed by atoms with Crippen molar-refractivity contribution in [2.45, 2.75) is 19.8 Å². The summed E-state index contributed by atoms with van der Waals surface area (Å²) in [5.41, 5.74) is 5.91. The number of nitrogens with zero attached hydrogens (tertiary/aromatic N) is 2. The molecule has 0 saturated heterocycles. The van der Waals surface area contributed by atoms with Gasteiger partial charge in [0.25, 0.3) is 0 Å². The molecule has 3 rings (SSSR count). The smallest absolute Gasteiger partial charge is 0.115 e. The minimum atomic E-state index is 0.285. The van der Waals surface area contributed by atoms with Crippen molar-refractivity contribution in [2.75, 3.05) is 0 Å². The normalized spacial score (nSPS) is 14.8. The molecule has 3 nitrogen and oxygen atoms in total. The van der Waals surface area contributed by atoms with E-state index in [9.17, 15) is 5.11 Å². The predicted molar refractivity (Wildman–Crippen MR) is 101 cm³/mol. The van der Waals surface area contributed by atoms with Crippen molar-refractivity contribution in [1.82, 2.24) is 0 Å². The number of hydrogen-bond acceptors (Lipinski definition) is 3. The summed E-state index contributed by atoms with van der Waals surface area (Å²) in [6.45, 7) is 5.66. The van der Waals surface area contributed by atoms with Crippen molar-refractivity contribution in [3.63, 3.8) is 0 Å². The Labute approximate surface area is 142 Å². The molecule has 24 heavy (non-hydrogen) atoms. The van der Waals surface area contributed by atoms with Crippen molar-refractivity contribution >= 4 is 24.2 Å². The highest BCUT2D eigenvalue weighted by Gasteiger charge is 2.18. The van der Waals surface area contributed by atoms with Crippen molar-refractivity contribution < 1.29 is 5.11 Å². The minimum absolute atomic E-state index is 0.285. The molecule has 0 amide bonds. The highest BCUT2D eigenvalue weighted by Crippen LogP contribution is 2.34. The molecule has 2 aromatic carbocycles. The zero-order valence-electron chi connectivity index (χ0n) is 13.7. The Balaban J connectivity index is 1.95. The monoisotopic (exact) mass is 316 g/mol. The predicted octanol–water partition coefficient (Wildman–Crippen LogP) is 4.88. The molecule has 1 aliphatic rings. The molecule has 120 valence electrons. The van der Waals surface area contributed by atoms with E-state index in [4.69, 9.17) is 4.99 Å². The van der Waals surface area contributed by atoms with Crippen LogP contribution in [0.1, 0.15) is 30.0 Å². The number of aromatic hydroxyl groups is 1. The average molecular weight is 316 g/mol. The lowest BCUT2D eigenvalue weighted by Gasteiger charge is -2.19. The molecule has 3 heteroatoms. The Kier molecular flexibility index (Phi) is 4.71. The van der Waals surface area contributed by atoms with E-state index in [1.54, 1.807) is 12.1 Å². The first kappa shape index (κ1) is 15.9. The first-order chi connectivity index (χ1) is 11.7. The summed E-state index contributed by atoms with van der Waals surface area (Å²) in [4.78, 5) is 8.93. The zero-order valence-corrected chi connectivity index (χ0v) is 13.7. The Hall–Kier alpha value is -2.94. The number of aliphatic imine (C=N–C) groups is 2. The van der Waals surface area contributed by atoms with Gasteiger partial charge in [0.15, 0.2) is 0 Å². The van der Waals surface area contributed by atoms with Gasteiger partial charge in [-0.1, -0.05) is 36.4 Å². The second-order valence-electron chi connectivity index (χ2n) is 5.79. The lowest BCUT2D eigenvalue weighted by molar-refractivity contribution is 0.474. The van der Waals surface area contributed by atoms with Gasteiger partial charge < -0.3 is 5.11 Å². The van der Waals surface area contributed by atoms with Gasteiger partial charge in [0, 0.05) is 11.3 Å². The Morgan fingerprint density at radius 2 is 1.92 bits per heavy atom. The number of hydrogen-bond donors (Lipinski definition) is 1. The second-order valence-corrected chi connectivity index (χ2v) is 5.79. The Morgan fingerprint density at radius 1 is 1.12 bits per heavy atom. The van der Waals surface area contributed by atoms with Crippen LogP contribution in [-0.2, 0) is 6.42 Å². The third-order valence-electron chi connectivity index (χ3n) is 4.04. The van der Waals surface area contributed by atoms with Crippen molar-refractivity contribution in [1.29, 1.82) is 0 Å².